The fraction of sp³-hybridized carbons (Fsp3) is 0.389. The first-order valence-corrected chi connectivity index (χ1v) is 9.85. The van der Waals surface area contributed by atoms with E-state index >= 15 is 0 Å². The van der Waals surface area contributed by atoms with Gasteiger partial charge in [-0.1, -0.05) is 11.3 Å². The first-order chi connectivity index (χ1) is 13.1. The van der Waals surface area contributed by atoms with E-state index in [4.69, 9.17) is 0 Å². The summed E-state index contributed by atoms with van der Waals surface area (Å²) in [5.41, 5.74) is 2.07. The van der Waals surface area contributed by atoms with E-state index in [1.807, 2.05) is 26.0 Å². The van der Waals surface area contributed by atoms with Gasteiger partial charge >= 0.3 is 5.69 Å². The molecule has 1 saturated carbocycles. The van der Waals surface area contributed by atoms with E-state index in [1.54, 1.807) is 39.1 Å². The Hall–Kier alpha value is -2.81. The van der Waals surface area contributed by atoms with E-state index in [0.717, 1.165) is 28.3 Å². The highest BCUT2D eigenvalue weighted by atomic mass is 32.1. The summed E-state index contributed by atoms with van der Waals surface area (Å²) >= 11 is 1.61. The fourth-order valence-electron chi connectivity index (χ4n) is 3.68. The lowest BCUT2D eigenvalue weighted by molar-refractivity contribution is 0.279. The molecule has 0 aromatic carbocycles. The second-order valence-corrected chi connectivity index (χ2v) is 8.16. The molecular weight excluding hydrogens is 362 g/mol. The van der Waals surface area contributed by atoms with Gasteiger partial charge in [0.25, 0.3) is 0 Å². The normalized spacial score (nSPS) is 19.7. The molecule has 5 rings (SSSR count). The molecule has 0 bridgehead atoms. The van der Waals surface area contributed by atoms with Gasteiger partial charge in [0.15, 0.2) is 22.1 Å². The van der Waals surface area contributed by atoms with Crippen LogP contribution in [0.4, 0.5) is 5.13 Å². The molecular formula is C18H19N7OS. The molecule has 0 aliphatic heterocycles. The zero-order valence-corrected chi connectivity index (χ0v) is 15.8. The Morgan fingerprint density at radius 1 is 1.15 bits per heavy atom. The van der Waals surface area contributed by atoms with Crippen LogP contribution in [0.1, 0.15) is 38.8 Å². The summed E-state index contributed by atoms with van der Waals surface area (Å²) in [6.45, 7) is 3.98. The summed E-state index contributed by atoms with van der Waals surface area (Å²) in [6.07, 6.45) is 6.75. The van der Waals surface area contributed by atoms with Gasteiger partial charge in [-0.2, -0.15) is 0 Å². The third-order valence-electron chi connectivity index (χ3n) is 5.02. The van der Waals surface area contributed by atoms with Crippen molar-refractivity contribution in [1.29, 1.82) is 0 Å². The van der Waals surface area contributed by atoms with Crippen LogP contribution in [0.3, 0.4) is 0 Å². The van der Waals surface area contributed by atoms with Crippen LogP contribution in [-0.4, -0.2) is 35.1 Å². The van der Waals surface area contributed by atoms with Gasteiger partial charge in [0, 0.05) is 36.7 Å². The minimum absolute atomic E-state index is 0.0289. The number of pyridine rings is 1. The molecule has 1 aliphatic carbocycles. The number of imidazole rings is 1. The molecule has 4 heterocycles. The lowest BCUT2D eigenvalue weighted by atomic mass is 9.86. The Balaban J connectivity index is 1.39. The summed E-state index contributed by atoms with van der Waals surface area (Å²) < 4.78 is 4.60. The highest BCUT2D eigenvalue weighted by Crippen LogP contribution is 2.36. The maximum absolute atomic E-state index is 13.0. The van der Waals surface area contributed by atoms with Crippen molar-refractivity contribution in [2.75, 3.05) is 5.32 Å². The van der Waals surface area contributed by atoms with Crippen LogP contribution in [0.2, 0.25) is 0 Å². The van der Waals surface area contributed by atoms with Crippen LogP contribution in [0.25, 0.3) is 21.6 Å². The van der Waals surface area contributed by atoms with Gasteiger partial charge in [-0.15, -0.1) is 0 Å². The second-order valence-electron chi connectivity index (χ2n) is 7.13. The van der Waals surface area contributed by atoms with E-state index < -0.39 is 0 Å². The zero-order chi connectivity index (χ0) is 18.5. The Bertz CT molecular complexity index is 1150. The number of rotatable bonds is 4. The number of nitrogens with zero attached hydrogens (tertiary/aromatic N) is 6. The van der Waals surface area contributed by atoms with Crippen LogP contribution < -0.4 is 11.0 Å². The zero-order valence-electron chi connectivity index (χ0n) is 15.0. The third kappa shape index (κ3) is 2.61. The van der Waals surface area contributed by atoms with E-state index in [9.17, 15) is 4.79 Å². The van der Waals surface area contributed by atoms with Gasteiger partial charge in [-0.25, -0.2) is 24.7 Å². The number of hydrogen-bond donors (Lipinski definition) is 1. The molecule has 0 atom stereocenters. The maximum Gasteiger partial charge on any atom is 0.332 e. The predicted molar refractivity (Wildman–Crippen MR) is 105 cm³/mol. The number of fused-ring (bicyclic) bond motifs is 2. The molecule has 0 amide bonds. The summed E-state index contributed by atoms with van der Waals surface area (Å²) in [7, 11) is 0. The van der Waals surface area contributed by atoms with Crippen LogP contribution in [0, 0.1) is 0 Å². The number of thiazole rings is 1. The first-order valence-electron chi connectivity index (χ1n) is 9.03. The van der Waals surface area contributed by atoms with E-state index in [0.29, 0.717) is 11.3 Å². The van der Waals surface area contributed by atoms with Gasteiger partial charge in [0.2, 0.25) is 0 Å². The third-order valence-corrected chi connectivity index (χ3v) is 5.96. The van der Waals surface area contributed by atoms with Gasteiger partial charge in [0.05, 0.1) is 4.70 Å². The molecule has 0 spiro atoms. The molecule has 0 saturated heterocycles. The lowest BCUT2D eigenvalue weighted by Crippen LogP contribution is -2.41. The molecule has 1 N–H and O–H groups in total. The molecule has 1 aliphatic rings. The van der Waals surface area contributed by atoms with Gasteiger partial charge in [0.1, 0.15) is 0 Å². The minimum atomic E-state index is -0.0289. The Kier molecular flexibility index (Phi) is 3.71. The number of hydrogen-bond acceptors (Lipinski definition) is 7. The summed E-state index contributed by atoms with van der Waals surface area (Å²) in [5, 5.41) is 4.35. The first kappa shape index (κ1) is 16.4. The lowest BCUT2D eigenvalue weighted by Gasteiger charge is -2.36. The standard InChI is InChI=1S/C18H19N7OS/c1-10(2)24-15-16(21-7-6-20-15)25(18(24)26)12-8-11(9-12)22-17-23-14-13(27-17)4-3-5-19-14/h3-7,10-12H,8-9H2,1-2H3,(H,19,22,23). The molecule has 8 nitrogen and oxygen atoms in total. The maximum atomic E-state index is 13.0. The summed E-state index contributed by atoms with van der Waals surface area (Å²) in [6, 6.07) is 4.40. The van der Waals surface area contributed by atoms with E-state index in [-0.39, 0.29) is 23.8 Å². The predicted octanol–water partition coefficient (Wildman–Crippen LogP) is 2.99. The number of nitrogens with one attached hydrogen (secondary N) is 1. The molecule has 4 aromatic rings. The van der Waals surface area contributed by atoms with Gasteiger partial charge < -0.3 is 5.32 Å². The van der Waals surface area contributed by atoms with Crippen molar-refractivity contribution in [2.24, 2.45) is 0 Å². The summed E-state index contributed by atoms with van der Waals surface area (Å²) in [5.74, 6) is 0. The SMILES string of the molecule is CC(C)n1c(=O)n(C2CC(Nc3nc4ncccc4s3)C2)c2nccnc21. The fourth-order valence-corrected chi connectivity index (χ4v) is 4.58. The molecule has 0 unspecified atom stereocenters. The average molecular weight is 381 g/mol. The molecule has 27 heavy (non-hydrogen) atoms. The summed E-state index contributed by atoms with van der Waals surface area (Å²) in [4.78, 5) is 30.6. The number of anilines is 1. The van der Waals surface area contributed by atoms with Crippen molar-refractivity contribution in [3.05, 3.63) is 41.2 Å². The van der Waals surface area contributed by atoms with E-state index in [2.05, 4.69) is 25.3 Å². The van der Waals surface area contributed by atoms with Crippen LogP contribution in [0.5, 0.6) is 0 Å². The average Bonchev–Trinajstić information content (AvgIpc) is 3.15. The van der Waals surface area contributed by atoms with Gasteiger partial charge in [-0.3, -0.25) is 9.13 Å². The Morgan fingerprint density at radius 3 is 2.67 bits per heavy atom. The molecule has 9 heteroatoms. The largest absolute Gasteiger partial charge is 0.359 e. The highest BCUT2D eigenvalue weighted by molar-refractivity contribution is 7.22. The van der Waals surface area contributed by atoms with Crippen molar-refractivity contribution in [3.8, 4) is 0 Å². The quantitative estimate of drug-likeness (QED) is 0.584. The smallest absolute Gasteiger partial charge is 0.332 e. The number of aromatic nitrogens is 6. The monoisotopic (exact) mass is 381 g/mol. The molecule has 4 aromatic heterocycles. The van der Waals surface area contributed by atoms with Crippen LogP contribution in [-0.2, 0) is 0 Å². The van der Waals surface area contributed by atoms with Crippen molar-refractivity contribution >= 4 is 38.1 Å². The molecule has 1 fully saturated rings. The van der Waals surface area contributed by atoms with Crippen molar-refractivity contribution in [3.63, 3.8) is 0 Å². The second kappa shape index (κ2) is 6.12. The Morgan fingerprint density at radius 2 is 1.93 bits per heavy atom. The van der Waals surface area contributed by atoms with Crippen molar-refractivity contribution in [1.82, 2.24) is 29.1 Å². The Labute approximate surface area is 158 Å². The van der Waals surface area contributed by atoms with Crippen LogP contribution >= 0.6 is 11.3 Å². The van der Waals surface area contributed by atoms with Crippen LogP contribution in [0.15, 0.2) is 35.5 Å². The topological polar surface area (TPSA) is 90.5 Å². The van der Waals surface area contributed by atoms with Crippen molar-refractivity contribution < 1.29 is 0 Å². The van der Waals surface area contributed by atoms with E-state index in [1.165, 1.54) is 0 Å². The molecule has 0 radical (unpaired) electrons. The molecule has 138 valence electrons. The van der Waals surface area contributed by atoms with Gasteiger partial charge in [-0.05, 0) is 38.8 Å². The highest BCUT2D eigenvalue weighted by Gasteiger charge is 2.35. The minimum Gasteiger partial charge on any atom is -0.359 e. The van der Waals surface area contributed by atoms with Crippen molar-refractivity contribution in [2.45, 2.75) is 44.8 Å².